The Morgan fingerprint density at radius 2 is 2.40 bits per heavy atom. The van der Waals surface area contributed by atoms with Crippen molar-refractivity contribution in [2.45, 2.75) is 12.6 Å². The van der Waals surface area contributed by atoms with E-state index in [4.69, 9.17) is 10.5 Å². The molecule has 1 aromatic heterocycles. The monoisotopic (exact) mass is 274 g/mol. The summed E-state index contributed by atoms with van der Waals surface area (Å²) in [6.07, 6.45) is 5.32. The van der Waals surface area contributed by atoms with E-state index in [1.165, 1.54) is 7.11 Å². The van der Waals surface area contributed by atoms with Crippen molar-refractivity contribution in [3.8, 4) is 5.69 Å². The number of aromatic nitrogens is 2. The summed E-state index contributed by atoms with van der Waals surface area (Å²) in [6, 6.07) is 7.21. The van der Waals surface area contributed by atoms with Gasteiger partial charge in [0.2, 0.25) is 5.91 Å². The Morgan fingerprint density at radius 1 is 1.55 bits per heavy atom. The number of hydrogen-bond donors (Lipinski definition) is 2. The lowest BCUT2D eigenvalue weighted by molar-refractivity contribution is -0.123. The quantitative estimate of drug-likeness (QED) is 0.802. The van der Waals surface area contributed by atoms with Crippen molar-refractivity contribution >= 4 is 5.91 Å². The molecule has 6 heteroatoms. The van der Waals surface area contributed by atoms with Crippen LogP contribution in [0.2, 0.25) is 0 Å². The van der Waals surface area contributed by atoms with E-state index >= 15 is 0 Å². The molecule has 2 aromatic rings. The molecular formula is C14H18N4O2. The Balaban J connectivity index is 1.97. The molecule has 0 aliphatic heterocycles. The SMILES string of the molecule is COCC(N)C(=O)NCc1cccc(-n2ccnc2)c1. The minimum Gasteiger partial charge on any atom is -0.383 e. The lowest BCUT2D eigenvalue weighted by Crippen LogP contribution is -2.43. The van der Waals surface area contributed by atoms with Gasteiger partial charge in [-0.1, -0.05) is 12.1 Å². The van der Waals surface area contributed by atoms with E-state index < -0.39 is 6.04 Å². The molecule has 0 aliphatic rings. The van der Waals surface area contributed by atoms with Crippen LogP contribution in [0, 0.1) is 0 Å². The molecule has 1 heterocycles. The van der Waals surface area contributed by atoms with Crippen LogP contribution in [0.1, 0.15) is 5.56 Å². The highest BCUT2D eigenvalue weighted by atomic mass is 16.5. The van der Waals surface area contributed by atoms with Gasteiger partial charge >= 0.3 is 0 Å². The molecule has 1 aromatic carbocycles. The summed E-state index contributed by atoms with van der Waals surface area (Å²) in [5, 5.41) is 2.79. The first-order valence-electron chi connectivity index (χ1n) is 6.30. The van der Waals surface area contributed by atoms with Gasteiger partial charge < -0.3 is 20.4 Å². The van der Waals surface area contributed by atoms with Gasteiger partial charge in [0.1, 0.15) is 6.04 Å². The highest BCUT2D eigenvalue weighted by molar-refractivity contribution is 5.81. The number of rotatable bonds is 6. The largest absolute Gasteiger partial charge is 0.383 e. The van der Waals surface area contributed by atoms with E-state index in [1.54, 1.807) is 12.5 Å². The van der Waals surface area contributed by atoms with E-state index in [-0.39, 0.29) is 12.5 Å². The minimum atomic E-state index is -0.642. The van der Waals surface area contributed by atoms with Gasteiger partial charge in [-0.25, -0.2) is 4.98 Å². The summed E-state index contributed by atoms with van der Waals surface area (Å²) in [5.41, 5.74) is 7.64. The molecule has 0 bridgehead atoms. The summed E-state index contributed by atoms with van der Waals surface area (Å²) < 4.78 is 6.75. The van der Waals surface area contributed by atoms with Gasteiger partial charge in [-0.15, -0.1) is 0 Å². The zero-order valence-electron chi connectivity index (χ0n) is 11.3. The van der Waals surface area contributed by atoms with E-state index in [1.807, 2.05) is 35.0 Å². The van der Waals surface area contributed by atoms with Crippen LogP contribution < -0.4 is 11.1 Å². The van der Waals surface area contributed by atoms with Crippen LogP contribution >= 0.6 is 0 Å². The van der Waals surface area contributed by atoms with Crippen LogP contribution in [-0.4, -0.2) is 35.2 Å². The molecule has 1 amide bonds. The van der Waals surface area contributed by atoms with Crippen molar-refractivity contribution in [3.05, 3.63) is 48.5 Å². The molecule has 2 rings (SSSR count). The lowest BCUT2D eigenvalue weighted by Gasteiger charge is -2.12. The zero-order valence-corrected chi connectivity index (χ0v) is 11.3. The van der Waals surface area contributed by atoms with Gasteiger partial charge in [-0.3, -0.25) is 4.79 Å². The number of amides is 1. The molecule has 20 heavy (non-hydrogen) atoms. The molecule has 6 nitrogen and oxygen atoms in total. The number of methoxy groups -OCH3 is 1. The molecule has 3 N–H and O–H groups in total. The van der Waals surface area contributed by atoms with E-state index in [0.717, 1.165) is 11.3 Å². The normalized spacial score (nSPS) is 12.1. The third-order valence-corrected chi connectivity index (χ3v) is 2.86. The number of nitrogens with two attached hydrogens (primary N) is 1. The maximum Gasteiger partial charge on any atom is 0.239 e. The summed E-state index contributed by atoms with van der Waals surface area (Å²) >= 11 is 0. The fourth-order valence-corrected chi connectivity index (χ4v) is 1.81. The van der Waals surface area contributed by atoms with Crippen molar-refractivity contribution in [1.29, 1.82) is 0 Å². The van der Waals surface area contributed by atoms with Gasteiger partial charge in [-0.2, -0.15) is 0 Å². The third kappa shape index (κ3) is 3.66. The minimum absolute atomic E-state index is 0.209. The van der Waals surface area contributed by atoms with Crippen molar-refractivity contribution in [3.63, 3.8) is 0 Å². The van der Waals surface area contributed by atoms with Crippen LogP contribution in [0.15, 0.2) is 43.0 Å². The average molecular weight is 274 g/mol. The van der Waals surface area contributed by atoms with Crippen LogP contribution in [0.25, 0.3) is 5.69 Å². The van der Waals surface area contributed by atoms with Crippen LogP contribution in [-0.2, 0) is 16.1 Å². The standard InChI is InChI=1S/C14H18N4O2/c1-20-9-13(15)14(19)17-8-11-3-2-4-12(7-11)18-6-5-16-10-18/h2-7,10,13H,8-9,15H2,1H3,(H,17,19). The Hall–Kier alpha value is -2.18. The first-order chi connectivity index (χ1) is 9.70. The molecule has 0 saturated carbocycles. The lowest BCUT2D eigenvalue weighted by atomic mass is 10.2. The maximum atomic E-state index is 11.7. The molecule has 0 aliphatic carbocycles. The predicted molar refractivity (Wildman–Crippen MR) is 75.3 cm³/mol. The molecular weight excluding hydrogens is 256 g/mol. The Bertz CT molecular complexity index is 554. The van der Waals surface area contributed by atoms with Gasteiger partial charge in [0.25, 0.3) is 0 Å². The first-order valence-corrected chi connectivity index (χ1v) is 6.30. The molecule has 1 unspecified atom stereocenters. The summed E-state index contributed by atoms with van der Waals surface area (Å²) in [7, 11) is 1.52. The highest BCUT2D eigenvalue weighted by Gasteiger charge is 2.12. The van der Waals surface area contributed by atoms with Crippen LogP contribution in [0.4, 0.5) is 0 Å². The summed E-state index contributed by atoms with van der Waals surface area (Å²) in [6.45, 7) is 0.639. The number of imidazole rings is 1. The first kappa shape index (κ1) is 14.2. The number of hydrogen-bond acceptors (Lipinski definition) is 4. The van der Waals surface area contributed by atoms with Crippen LogP contribution in [0.3, 0.4) is 0 Å². The Morgan fingerprint density at radius 3 is 3.10 bits per heavy atom. The molecule has 0 saturated heterocycles. The van der Waals surface area contributed by atoms with E-state index in [9.17, 15) is 4.79 Å². The number of ether oxygens (including phenoxy) is 1. The second kappa shape index (κ2) is 6.83. The van der Waals surface area contributed by atoms with E-state index in [0.29, 0.717) is 6.54 Å². The van der Waals surface area contributed by atoms with Crippen molar-refractivity contribution in [1.82, 2.24) is 14.9 Å². The van der Waals surface area contributed by atoms with Crippen molar-refractivity contribution in [2.75, 3.05) is 13.7 Å². The van der Waals surface area contributed by atoms with E-state index in [2.05, 4.69) is 10.3 Å². The number of carbonyl (C=O) groups is 1. The summed E-state index contributed by atoms with van der Waals surface area (Å²) in [5.74, 6) is -0.222. The fourth-order valence-electron chi connectivity index (χ4n) is 1.81. The molecule has 1 atom stereocenters. The number of nitrogens with one attached hydrogen (secondary N) is 1. The smallest absolute Gasteiger partial charge is 0.239 e. The van der Waals surface area contributed by atoms with Crippen molar-refractivity contribution in [2.24, 2.45) is 5.73 Å². The maximum absolute atomic E-state index is 11.7. The summed E-state index contributed by atoms with van der Waals surface area (Å²) in [4.78, 5) is 15.7. The highest BCUT2D eigenvalue weighted by Crippen LogP contribution is 2.10. The zero-order chi connectivity index (χ0) is 14.4. The average Bonchev–Trinajstić information content (AvgIpc) is 2.99. The molecule has 0 fully saturated rings. The molecule has 0 radical (unpaired) electrons. The van der Waals surface area contributed by atoms with Gasteiger partial charge in [0.15, 0.2) is 0 Å². The molecule has 106 valence electrons. The fraction of sp³-hybridized carbons (Fsp3) is 0.286. The third-order valence-electron chi connectivity index (χ3n) is 2.86. The topological polar surface area (TPSA) is 82.2 Å². The molecule has 0 spiro atoms. The number of benzene rings is 1. The number of carbonyl (C=O) groups excluding carboxylic acids is 1. The second-order valence-corrected chi connectivity index (χ2v) is 4.42. The van der Waals surface area contributed by atoms with Gasteiger partial charge in [0, 0.05) is 31.7 Å². The van der Waals surface area contributed by atoms with Crippen LogP contribution in [0.5, 0.6) is 0 Å². The van der Waals surface area contributed by atoms with Crippen molar-refractivity contribution < 1.29 is 9.53 Å². The van der Waals surface area contributed by atoms with Gasteiger partial charge in [-0.05, 0) is 17.7 Å². The Labute approximate surface area is 117 Å². The second-order valence-electron chi connectivity index (χ2n) is 4.42. The number of nitrogens with zero attached hydrogens (tertiary/aromatic N) is 2. The predicted octanol–water partition coefficient (Wildman–Crippen LogP) is 0.462. The Kier molecular flexibility index (Phi) is 4.86. The van der Waals surface area contributed by atoms with Gasteiger partial charge in [0.05, 0.1) is 12.9 Å².